The number of benzene rings is 1. The van der Waals surface area contributed by atoms with E-state index in [1.807, 2.05) is 0 Å². The molecular formula is C12H11ClF3NO4. The van der Waals surface area contributed by atoms with Crippen LogP contribution in [0.4, 0.5) is 13.2 Å². The molecular weight excluding hydrogens is 315 g/mol. The van der Waals surface area contributed by atoms with Crippen LogP contribution in [0.5, 0.6) is 5.75 Å². The van der Waals surface area contributed by atoms with Crippen molar-refractivity contribution < 1.29 is 32.6 Å². The number of carboxylic acids is 1. The van der Waals surface area contributed by atoms with E-state index in [0.29, 0.717) is 10.6 Å². The van der Waals surface area contributed by atoms with Crippen LogP contribution in [0.1, 0.15) is 5.56 Å². The number of nitrogens with one attached hydrogen (secondary N) is 1. The first kappa shape index (κ1) is 17.1. The van der Waals surface area contributed by atoms with Crippen LogP contribution in [0, 0.1) is 0 Å². The van der Waals surface area contributed by atoms with E-state index in [-0.39, 0.29) is 12.2 Å². The monoisotopic (exact) mass is 325 g/mol. The lowest BCUT2D eigenvalue weighted by Gasteiger charge is -2.17. The molecule has 2 N–H and O–H groups in total. The molecule has 0 bridgehead atoms. The Morgan fingerprint density at radius 2 is 2.05 bits per heavy atom. The Hall–Kier alpha value is -1.96. The first-order chi connectivity index (χ1) is 9.65. The molecule has 9 heteroatoms. The zero-order valence-corrected chi connectivity index (χ0v) is 11.5. The molecule has 1 aromatic rings. The van der Waals surface area contributed by atoms with E-state index in [0.717, 1.165) is 0 Å². The minimum Gasteiger partial charge on any atom is -0.496 e. The standard InChI is InChI=1S/C12H11ClF3NO4/c1-21-9-5-7(13)3-2-6(9)4-8(10(18)19)17-11(20)12(14,15)16/h2-3,5,8H,4H2,1H3,(H,17,20)(H,18,19). The molecule has 1 unspecified atom stereocenters. The van der Waals surface area contributed by atoms with Crippen molar-refractivity contribution in [2.45, 2.75) is 18.6 Å². The molecule has 1 amide bonds. The third kappa shape index (κ3) is 4.82. The van der Waals surface area contributed by atoms with Crippen molar-refractivity contribution in [1.29, 1.82) is 0 Å². The zero-order chi connectivity index (χ0) is 16.2. The van der Waals surface area contributed by atoms with Gasteiger partial charge in [-0.05, 0) is 17.7 Å². The van der Waals surface area contributed by atoms with Gasteiger partial charge in [0.2, 0.25) is 0 Å². The molecule has 0 radical (unpaired) electrons. The van der Waals surface area contributed by atoms with Gasteiger partial charge in [0.15, 0.2) is 0 Å². The van der Waals surface area contributed by atoms with Gasteiger partial charge >= 0.3 is 18.1 Å². The third-order valence-corrected chi connectivity index (χ3v) is 2.77. The largest absolute Gasteiger partial charge is 0.496 e. The smallest absolute Gasteiger partial charge is 0.471 e. The third-order valence-electron chi connectivity index (χ3n) is 2.53. The van der Waals surface area contributed by atoms with E-state index >= 15 is 0 Å². The molecule has 116 valence electrons. The average Bonchev–Trinajstić information content (AvgIpc) is 2.38. The van der Waals surface area contributed by atoms with Crippen molar-refractivity contribution in [3.05, 3.63) is 28.8 Å². The fourth-order valence-electron chi connectivity index (χ4n) is 1.55. The number of carboxylic acid groups (broad SMARTS) is 1. The van der Waals surface area contributed by atoms with Crippen LogP contribution in [0.2, 0.25) is 5.02 Å². The summed E-state index contributed by atoms with van der Waals surface area (Å²) in [5, 5.41) is 10.7. The van der Waals surface area contributed by atoms with Gasteiger partial charge < -0.3 is 15.2 Å². The molecule has 0 heterocycles. The van der Waals surface area contributed by atoms with E-state index in [9.17, 15) is 22.8 Å². The van der Waals surface area contributed by atoms with E-state index in [4.69, 9.17) is 21.4 Å². The lowest BCUT2D eigenvalue weighted by Crippen LogP contribution is -2.47. The number of hydrogen-bond acceptors (Lipinski definition) is 3. The Labute approximate surface area is 122 Å². The second kappa shape index (κ2) is 6.66. The lowest BCUT2D eigenvalue weighted by atomic mass is 10.0. The summed E-state index contributed by atoms with van der Waals surface area (Å²) in [5.41, 5.74) is 0.303. The molecule has 1 aromatic carbocycles. The molecule has 0 spiro atoms. The van der Waals surface area contributed by atoms with Crippen molar-refractivity contribution in [3.8, 4) is 5.75 Å². The number of carbonyl (C=O) groups excluding carboxylic acids is 1. The number of hydrogen-bond donors (Lipinski definition) is 2. The number of rotatable bonds is 5. The zero-order valence-electron chi connectivity index (χ0n) is 10.7. The number of ether oxygens (including phenoxy) is 1. The van der Waals surface area contributed by atoms with Crippen LogP contribution in [0.25, 0.3) is 0 Å². The summed E-state index contributed by atoms with van der Waals surface area (Å²) in [5.74, 6) is -3.69. The van der Waals surface area contributed by atoms with Crippen molar-refractivity contribution in [3.63, 3.8) is 0 Å². The molecule has 0 saturated heterocycles. The number of methoxy groups -OCH3 is 1. The maximum absolute atomic E-state index is 12.2. The second-order valence-corrected chi connectivity index (χ2v) is 4.46. The van der Waals surface area contributed by atoms with Crippen molar-refractivity contribution in [2.75, 3.05) is 7.11 Å². The Kier molecular flexibility index (Phi) is 5.42. The first-order valence-electron chi connectivity index (χ1n) is 5.58. The molecule has 0 aliphatic carbocycles. The summed E-state index contributed by atoms with van der Waals surface area (Å²) in [7, 11) is 1.30. The van der Waals surface area contributed by atoms with E-state index in [1.165, 1.54) is 30.6 Å². The predicted octanol–water partition coefficient (Wildman–Crippen LogP) is 2.02. The highest BCUT2D eigenvalue weighted by Crippen LogP contribution is 2.24. The molecule has 5 nitrogen and oxygen atoms in total. The normalized spacial score (nSPS) is 12.6. The Morgan fingerprint density at radius 3 is 2.52 bits per heavy atom. The van der Waals surface area contributed by atoms with Gasteiger partial charge in [-0.25, -0.2) is 4.79 Å². The summed E-state index contributed by atoms with van der Waals surface area (Å²) in [6.07, 6.45) is -5.53. The molecule has 0 aromatic heterocycles. The van der Waals surface area contributed by atoms with Crippen LogP contribution >= 0.6 is 11.6 Å². The fourth-order valence-corrected chi connectivity index (χ4v) is 1.71. The van der Waals surface area contributed by atoms with Gasteiger partial charge in [0, 0.05) is 11.4 Å². The Balaban J connectivity index is 2.94. The Morgan fingerprint density at radius 1 is 1.43 bits per heavy atom. The topological polar surface area (TPSA) is 75.6 Å². The minimum absolute atomic E-state index is 0.218. The van der Waals surface area contributed by atoms with Gasteiger partial charge in [-0.1, -0.05) is 17.7 Å². The molecule has 0 aliphatic rings. The van der Waals surface area contributed by atoms with Gasteiger partial charge in [0.25, 0.3) is 0 Å². The van der Waals surface area contributed by atoms with Crippen LogP contribution in [-0.2, 0) is 16.0 Å². The van der Waals surface area contributed by atoms with Crippen LogP contribution in [-0.4, -0.2) is 36.3 Å². The quantitative estimate of drug-likeness (QED) is 0.868. The summed E-state index contributed by atoms with van der Waals surface area (Å²) < 4.78 is 41.5. The molecule has 1 atom stereocenters. The Bertz CT molecular complexity index is 548. The summed E-state index contributed by atoms with van der Waals surface area (Å²) in [6.45, 7) is 0. The van der Waals surface area contributed by atoms with E-state index in [1.54, 1.807) is 0 Å². The lowest BCUT2D eigenvalue weighted by molar-refractivity contribution is -0.175. The van der Waals surface area contributed by atoms with Gasteiger partial charge in [-0.2, -0.15) is 13.2 Å². The van der Waals surface area contributed by atoms with Crippen molar-refractivity contribution in [2.24, 2.45) is 0 Å². The minimum atomic E-state index is -5.15. The van der Waals surface area contributed by atoms with Crippen LogP contribution in [0.15, 0.2) is 18.2 Å². The second-order valence-electron chi connectivity index (χ2n) is 4.02. The molecule has 0 saturated carbocycles. The molecule has 0 aliphatic heterocycles. The van der Waals surface area contributed by atoms with E-state index in [2.05, 4.69) is 0 Å². The molecule has 0 fully saturated rings. The highest BCUT2D eigenvalue weighted by atomic mass is 35.5. The summed E-state index contributed by atoms with van der Waals surface area (Å²) >= 11 is 5.72. The van der Waals surface area contributed by atoms with Crippen molar-refractivity contribution in [1.82, 2.24) is 5.32 Å². The molecule has 1 rings (SSSR count). The maximum Gasteiger partial charge on any atom is 0.471 e. The van der Waals surface area contributed by atoms with E-state index < -0.39 is 24.1 Å². The fraction of sp³-hybridized carbons (Fsp3) is 0.333. The highest BCUT2D eigenvalue weighted by Gasteiger charge is 2.40. The summed E-state index contributed by atoms with van der Waals surface area (Å²) in [4.78, 5) is 21.8. The van der Waals surface area contributed by atoms with Crippen molar-refractivity contribution >= 4 is 23.5 Å². The maximum atomic E-state index is 12.2. The highest BCUT2D eigenvalue weighted by molar-refractivity contribution is 6.30. The number of halogens is 4. The first-order valence-corrected chi connectivity index (χ1v) is 5.96. The van der Waals surface area contributed by atoms with Gasteiger partial charge in [0.05, 0.1) is 7.11 Å². The summed E-state index contributed by atoms with van der Waals surface area (Å²) in [6, 6.07) is 2.50. The number of carbonyl (C=O) groups is 2. The van der Waals surface area contributed by atoms with Gasteiger partial charge in [-0.3, -0.25) is 4.79 Å². The van der Waals surface area contributed by atoms with Gasteiger partial charge in [-0.15, -0.1) is 0 Å². The average molecular weight is 326 g/mol. The molecule has 21 heavy (non-hydrogen) atoms. The van der Waals surface area contributed by atoms with Gasteiger partial charge in [0.1, 0.15) is 11.8 Å². The number of alkyl halides is 3. The van der Waals surface area contributed by atoms with Crippen LogP contribution in [0.3, 0.4) is 0 Å². The number of aliphatic carboxylic acids is 1. The predicted molar refractivity (Wildman–Crippen MR) is 67.3 cm³/mol. The SMILES string of the molecule is COc1cc(Cl)ccc1CC(NC(=O)C(F)(F)F)C(=O)O. The number of amides is 1. The van der Waals surface area contributed by atoms with Crippen LogP contribution < -0.4 is 10.1 Å².